The number of nitrogens with one attached hydrogen (secondary N) is 1. The van der Waals surface area contributed by atoms with E-state index in [9.17, 15) is 4.39 Å². The third-order valence-electron chi connectivity index (χ3n) is 3.79. The molecule has 1 aliphatic rings. The molecule has 3 rings (SSSR count). The van der Waals surface area contributed by atoms with Crippen molar-refractivity contribution in [2.45, 2.75) is 25.7 Å². The second kappa shape index (κ2) is 5.07. The lowest BCUT2D eigenvalue weighted by Crippen LogP contribution is -2.34. The van der Waals surface area contributed by atoms with Gasteiger partial charge in [-0.05, 0) is 19.8 Å². The Labute approximate surface area is 116 Å². The number of halogens is 1. The number of nitrogens with zero attached hydrogens (tertiary/aromatic N) is 4. The predicted molar refractivity (Wildman–Crippen MR) is 73.9 cm³/mol. The number of aryl methyl sites for hydroxylation is 1. The maximum Gasteiger partial charge on any atom is 0.222 e. The zero-order valence-electron chi connectivity index (χ0n) is 11.3. The summed E-state index contributed by atoms with van der Waals surface area (Å²) in [6.07, 6.45) is 4.70. The topological polar surface area (TPSA) is 83.7 Å². The van der Waals surface area contributed by atoms with E-state index in [0.717, 1.165) is 43.5 Å². The third-order valence-corrected chi connectivity index (χ3v) is 3.79. The highest BCUT2D eigenvalue weighted by Gasteiger charge is 2.25. The van der Waals surface area contributed by atoms with Crippen LogP contribution in [-0.4, -0.2) is 33.0 Å². The van der Waals surface area contributed by atoms with Gasteiger partial charge in [0.05, 0.1) is 18.2 Å². The fraction of sp³-hybridized carbons (Fsp3) is 0.462. The molecule has 20 heavy (non-hydrogen) atoms. The van der Waals surface area contributed by atoms with Crippen molar-refractivity contribution < 1.29 is 4.39 Å². The van der Waals surface area contributed by atoms with Crippen LogP contribution in [0, 0.1) is 12.7 Å². The number of aromatic nitrogens is 4. The quantitative estimate of drug-likeness (QED) is 0.870. The number of aromatic amines is 1. The van der Waals surface area contributed by atoms with Crippen LogP contribution in [0.5, 0.6) is 0 Å². The number of rotatable bonds is 2. The van der Waals surface area contributed by atoms with Gasteiger partial charge in [0.25, 0.3) is 0 Å². The highest BCUT2D eigenvalue weighted by Crippen LogP contribution is 2.30. The average molecular weight is 276 g/mol. The molecule has 0 bridgehead atoms. The summed E-state index contributed by atoms with van der Waals surface area (Å²) in [7, 11) is 0. The largest absolute Gasteiger partial charge is 0.368 e. The van der Waals surface area contributed by atoms with Crippen LogP contribution in [0.3, 0.4) is 0 Å². The Morgan fingerprint density at radius 1 is 1.35 bits per heavy atom. The van der Waals surface area contributed by atoms with E-state index in [4.69, 9.17) is 5.73 Å². The van der Waals surface area contributed by atoms with Gasteiger partial charge in [0.1, 0.15) is 0 Å². The smallest absolute Gasteiger partial charge is 0.222 e. The van der Waals surface area contributed by atoms with Crippen LogP contribution in [0.1, 0.15) is 30.1 Å². The van der Waals surface area contributed by atoms with E-state index in [1.165, 1.54) is 0 Å². The van der Waals surface area contributed by atoms with E-state index in [2.05, 4.69) is 19.9 Å². The Morgan fingerprint density at radius 3 is 2.75 bits per heavy atom. The Morgan fingerprint density at radius 2 is 2.10 bits per heavy atom. The summed E-state index contributed by atoms with van der Waals surface area (Å²) in [4.78, 5) is 17.1. The summed E-state index contributed by atoms with van der Waals surface area (Å²) in [6.45, 7) is 3.51. The Balaban J connectivity index is 1.72. The lowest BCUT2D eigenvalue weighted by atomic mass is 9.92. The van der Waals surface area contributed by atoms with Gasteiger partial charge in [-0.2, -0.15) is 4.98 Å². The lowest BCUT2D eigenvalue weighted by Gasteiger charge is -2.32. The molecule has 1 fully saturated rings. The molecule has 7 heteroatoms. The van der Waals surface area contributed by atoms with E-state index in [1.54, 1.807) is 6.33 Å². The molecule has 0 unspecified atom stereocenters. The van der Waals surface area contributed by atoms with Crippen LogP contribution in [0.2, 0.25) is 0 Å². The maximum atomic E-state index is 13.7. The molecule has 1 saturated heterocycles. The molecule has 3 N–H and O–H groups in total. The van der Waals surface area contributed by atoms with Crippen LogP contribution >= 0.6 is 0 Å². The van der Waals surface area contributed by atoms with Gasteiger partial charge in [-0.25, -0.2) is 14.4 Å². The van der Waals surface area contributed by atoms with Gasteiger partial charge in [-0.1, -0.05) is 0 Å². The third kappa shape index (κ3) is 2.31. The monoisotopic (exact) mass is 276 g/mol. The summed E-state index contributed by atoms with van der Waals surface area (Å²) in [5, 5.41) is 0. The summed E-state index contributed by atoms with van der Waals surface area (Å²) in [5.41, 5.74) is 7.76. The van der Waals surface area contributed by atoms with Crippen LogP contribution in [0.15, 0.2) is 12.5 Å². The minimum absolute atomic E-state index is 0.103. The van der Waals surface area contributed by atoms with Crippen molar-refractivity contribution in [2.24, 2.45) is 0 Å². The lowest BCUT2D eigenvalue weighted by molar-refractivity contribution is 0.484. The van der Waals surface area contributed by atoms with Gasteiger partial charge in [-0.3, -0.25) is 0 Å². The normalized spacial score (nSPS) is 16.6. The molecule has 6 nitrogen and oxygen atoms in total. The second-order valence-corrected chi connectivity index (χ2v) is 5.07. The molecule has 0 amide bonds. The van der Waals surface area contributed by atoms with Crippen LogP contribution in [0.4, 0.5) is 16.2 Å². The number of nitrogens with two attached hydrogens (primary N) is 1. The first-order valence-corrected chi connectivity index (χ1v) is 6.68. The predicted octanol–water partition coefficient (Wildman–Crippen LogP) is 1.61. The zero-order valence-corrected chi connectivity index (χ0v) is 11.3. The Hall–Kier alpha value is -2.18. The van der Waals surface area contributed by atoms with E-state index in [1.807, 2.05) is 11.8 Å². The molecule has 0 aromatic carbocycles. The van der Waals surface area contributed by atoms with Gasteiger partial charge in [0.15, 0.2) is 11.6 Å². The summed E-state index contributed by atoms with van der Waals surface area (Å²) in [6, 6.07) is 0. The highest BCUT2D eigenvalue weighted by atomic mass is 19.1. The van der Waals surface area contributed by atoms with Crippen molar-refractivity contribution in [1.82, 2.24) is 19.9 Å². The number of imidazole rings is 1. The maximum absolute atomic E-state index is 13.7. The molecule has 2 aromatic heterocycles. The number of anilines is 2. The minimum atomic E-state index is -0.423. The van der Waals surface area contributed by atoms with Gasteiger partial charge < -0.3 is 15.6 Å². The minimum Gasteiger partial charge on any atom is -0.368 e. The number of hydrogen-bond acceptors (Lipinski definition) is 5. The molecular weight excluding hydrogens is 259 g/mol. The van der Waals surface area contributed by atoms with E-state index in [0.29, 0.717) is 11.7 Å². The molecule has 106 valence electrons. The molecule has 2 aromatic rings. The SMILES string of the molecule is Cc1[nH]cnc1C1CCN(c2nc(N)ncc2F)CC1. The fourth-order valence-electron chi connectivity index (χ4n) is 2.74. The van der Waals surface area contributed by atoms with Crippen molar-refractivity contribution >= 4 is 11.8 Å². The number of hydrogen-bond donors (Lipinski definition) is 2. The van der Waals surface area contributed by atoms with E-state index in [-0.39, 0.29) is 5.95 Å². The van der Waals surface area contributed by atoms with Gasteiger partial charge in [0, 0.05) is 24.7 Å². The standard InChI is InChI=1S/C13H17FN6/c1-8-11(18-7-17-8)9-2-4-20(5-3-9)12-10(14)6-16-13(15)19-12/h6-7,9H,2-5H2,1H3,(H,17,18)(H2,15,16,19). The van der Waals surface area contributed by atoms with Gasteiger partial charge in [-0.15, -0.1) is 0 Å². The van der Waals surface area contributed by atoms with Crippen LogP contribution < -0.4 is 10.6 Å². The first kappa shape index (κ1) is 12.8. The molecular formula is C13H17FN6. The van der Waals surface area contributed by atoms with E-state index >= 15 is 0 Å². The second-order valence-electron chi connectivity index (χ2n) is 5.07. The van der Waals surface area contributed by atoms with Crippen molar-refractivity contribution in [3.8, 4) is 0 Å². The highest BCUT2D eigenvalue weighted by molar-refractivity contribution is 5.43. The Bertz CT molecular complexity index is 603. The van der Waals surface area contributed by atoms with Gasteiger partial charge in [0.2, 0.25) is 5.95 Å². The van der Waals surface area contributed by atoms with Crippen molar-refractivity contribution in [3.05, 3.63) is 29.7 Å². The molecule has 0 saturated carbocycles. The van der Waals surface area contributed by atoms with Crippen molar-refractivity contribution in [1.29, 1.82) is 0 Å². The first-order valence-electron chi connectivity index (χ1n) is 6.68. The Kier molecular flexibility index (Phi) is 3.25. The summed E-state index contributed by atoms with van der Waals surface area (Å²) in [5.74, 6) is 0.398. The molecule has 1 aliphatic heterocycles. The molecule has 0 spiro atoms. The number of H-pyrrole nitrogens is 1. The molecule has 3 heterocycles. The summed E-state index contributed by atoms with van der Waals surface area (Å²) >= 11 is 0. The van der Waals surface area contributed by atoms with E-state index < -0.39 is 5.82 Å². The average Bonchev–Trinajstić information content (AvgIpc) is 2.88. The van der Waals surface area contributed by atoms with Crippen LogP contribution in [-0.2, 0) is 0 Å². The molecule has 0 radical (unpaired) electrons. The fourth-order valence-corrected chi connectivity index (χ4v) is 2.74. The molecule has 0 atom stereocenters. The zero-order chi connectivity index (χ0) is 14.1. The first-order chi connectivity index (χ1) is 9.65. The van der Waals surface area contributed by atoms with Crippen LogP contribution in [0.25, 0.3) is 0 Å². The van der Waals surface area contributed by atoms with Gasteiger partial charge >= 0.3 is 0 Å². The molecule has 0 aliphatic carbocycles. The summed E-state index contributed by atoms with van der Waals surface area (Å²) < 4.78 is 13.7. The number of piperidine rings is 1. The van der Waals surface area contributed by atoms with Crippen molar-refractivity contribution in [3.63, 3.8) is 0 Å². The van der Waals surface area contributed by atoms with Crippen molar-refractivity contribution in [2.75, 3.05) is 23.7 Å². The number of nitrogen functional groups attached to an aromatic ring is 1.